The minimum atomic E-state index is -5.01. The fraction of sp³-hybridized carbons (Fsp3) is 0.0833. The smallest absolute Gasteiger partial charge is 0.406 e. The molecule has 40 heavy (non-hydrogen) atoms. The summed E-state index contributed by atoms with van der Waals surface area (Å²) in [7, 11) is 0. The maximum absolute atomic E-state index is 14.4. The highest BCUT2D eigenvalue weighted by atomic mass is 19.4. The summed E-state index contributed by atoms with van der Waals surface area (Å²) >= 11 is 0. The van der Waals surface area contributed by atoms with E-state index in [4.69, 9.17) is 0 Å². The third-order valence-corrected chi connectivity index (χ3v) is 4.84. The molecule has 1 heterocycles. The predicted octanol–water partition coefficient (Wildman–Crippen LogP) is 7.06. The van der Waals surface area contributed by atoms with Crippen LogP contribution in [0.4, 0.5) is 57.1 Å². The van der Waals surface area contributed by atoms with E-state index in [1.807, 2.05) is 0 Å². The number of rotatable bonds is 7. The van der Waals surface area contributed by atoms with Gasteiger partial charge in [0.05, 0.1) is 17.3 Å². The van der Waals surface area contributed by atoms with E-state index < -0.39 is 64.6 Å². The molecule has 4 rings (SSSR count). The van der Waals surface area contributed by atoms with Gasteiger partial charge in [-0.15, -0.1) is 13.2 Å². The van der Waals surface area contributed by atoms with Gasteiger partial charge in [0.1, 0.15) is 23.2 Å². The molecular formula is C24H13F9N6O. The third-order valence-electron chi connectivity index (χ3n) is 4.84. The number of alkyl halides is 6. The molecule has 0 unspecified atom stereocenters. The number of ether oxygens (including phenoxy) is 1. The van der Waals surface area contributed by atoms with Crippen molar-refractivity contribution in [2.24, 2.45) is 5.10 Å². The SMILES string of the molecule is Fc1ccc(Nc2nc(NN=Cc3ccc(OC(F)(F)F)cc3)nc(-c3c(F)cccc3F)n2)cc1C(F)(F)F. The molecule has 3 aromatic carbocycles. The molecule has 2 N–H and O–H groups in total. The summed E-state index contributed by atoms with van der Waals surface area (Å²) in [6.07, 6.45) is -8.76. The number of benzene rings is 3. The van der Waals surface area contributed by atoms with Crippen molar-refractivity contribution in [2.45, 2.75) is 12.5 Å². The lowest BCUT2D eigenvalue weighted by Crippen LogP contribution is -2.17. The molecule has 0 aliphatic carbocycles. The van der Waals surface area contributed by atoms with E-state index in [-0.39, 0.29) is 5.69 Å². The minimum absolute atomic E-state index is 0.292. The standard InChI is InChI=1S/C24H13F9N6O/c25-16-9-6-13(10-15(16)23(28,29)30)35-21-36-20(19-17(26)2-1-3-18(19)27)37-22(38-21)39-34-11-12-4-7-14(8-5-12)40-24(31,32)33/h1-11H,(H2,35,36,37,38,39). The van der Waals surface area contributed by atoms with E-state index in [0.29, 0.717) is 17.7 Å². The second-order valence-corrected chi connectivity index (χ2v) is 7.71. The van der Waals surface area contributed by atoms with Crippen molar-refractivity contribution in [3.8, 4) is 17.1 Å². The predicted molar refractivity (Wildman–Crippen MR) is 124 cm³/mol. The minimum Gasteiger partial charge on any atom is -0.406 e. The maximum atomic E-state index is 14.4. The molecule has 208 valence electrons. The summed E-state index contributed by atoms with van der Waals surface area (Å²) in [5.41, 5.74) is 0.0530. The number of halogens is 9. The van der Waals surface area contributed by atoms with Crippen molar-refractivity contribution < 1.29 is 44.3 Å². The van der Waals surface area contributed by atoms with Gasteiger partial charge in [-0.1, -0.05) is 6.07 Å². The van der Waals surface area contributed by atoms with Crippen LogP contribution in [-0.2, 0) is 6.18 Å². The molecule has 0 bridgehead atoms. The van der Waals surface area contributed by atoms with Crippen molar-refractivity contribution >= 4 is 23.8 Å². The zero-order chi connectivity index (χ0) is 29.1. The molecule has 16 heteroatoms. The second kappa shape index (κ2) is 11.1. The van der Waals surface area contributed by atoms with Gasteiger partial charge in [-0.2, -0.15) is 33.2 Å². The molecule has 7 nitrogen and oxygen atoms in total. The maximum Gasteiger partial charge on any atom is 0.573 e. The molecule has 0 spiro atoms. The summed E-state index contributed by atoms with van der Waals surface area (Å²) in [6, 6.07) is 9.39. The van der Waals surface area contributed by atoms with Crippen LogP contribution in [0, 0.1) is 17.5 Å². The van der Waals surface area contributed by atoms with Crippen molar-refractivity contribution in [3.63, 3.8) is 0 Å². The van der Waals surface area contributed by atoms with Crippen LogP contribution in [0.5, 0.6) is 5.75 Å². The van der Waals surface area contributed by atoms with Gasteiger partial charge in [-0.05, 0) is 60.2 Å². The molecule has 0 saturated carbocycles. The summed E-state index contributed by atoms with van der Waals surface area (Å²) in [6.45, 7) is 0. The van der Waals surface area contributed by atoms with E-state index in [9.17, 15) is 39.5 Å². The Kier molecular flexibility index (Phi) is 7.79. The number of nitrogens with one attached hydrogen (secondary N) is 2. The third kappa shape index (κ3) is 7.15. The fourth-order valence-corrected chi connectivity index (χ4v) is 3.17. The van der Waals surface area contributed by atoms with Crippen LogP contribution >= 0.6 is 0 Å². The van der Waals surface area contributed by atoms with Gasteiger partial charge in [0.2, 0.25) is 11.9 Å². The van der Waals surface area contributed by atoms with Crippen LogP contribution in [0.3, 0.4) is 0 Å². The summed E-state index contributed by atoms with van der Waals surface area (Å²) in [5, 5.41) is 6.19. The lowest BCUT2D eigenvalue weighted by Gasteiger charge is -2.12. The average Bonchev–Trinajstić information content (AvgIpc) is 2.85. The number of hydrogen-bond acceptors (Lipinski definition) is 7. The van der Waals surface area contributed by atoms with E-state index >= 15 is 0 Å². The van der Waals surface area contributed by atoms with Crippen molar-refractivity contribution in [1.82, 2.24) is 15.0 Å². The zero-order valence-electron chi connectivity index (χ0n) is 19.4. The topological polar surface area (TPSA) is 84.3 Å². The highest BCUT2D eigenvalue weighted by molar-refractivity contribution is 5.80. The Hall–Kier alpha value is -4.89. The molecule has 0 aliphatic rings. The number of hydrogen-bond donors (Lipinski definition) is 2. The Morgan fingerprint density at radius 1 is 0.750 bits per heavy atom. The zero-order valence-corrected chi connectivity index (χ0v) is 19.4. The van der Waals surface area contributed by atoms with E-state index in [0.717, 1.165) is 42.6 Å². The number of aromatic nitrogens is 3. The summed E-state index contributed by atoms with van der Waals surface area (Å²) < 4.78 is 122. The Balaban J connectivity index is 1.64. The molecule has 0 atom stereocenters. The number of anilines is 3. The van der Waals surface area contributed by atoms with Crippen LogP contribution in [0.15, 0.2) is 65.8 Å². The first-order chi connectivity index (χ1) is 18.8. The lowest BCUT2D eigenvalue weighted by atomic mass is 10.2. The Morgan fingerprint density at radius 3 is 2.02 bits per heavy atom. The molecule has 0 radical (unpaired) electrons. The Bertz CT molecular complexity index is 1520. The van der Waals surface area contributed by atoms with Gasteiger partial charge in [0.25, 0.3) is 0 Å². The highest BCUT2D eigenvalue weighted by Gasteiger charge is 2.34. The fourth-order valence-electron chi connectivity index (χ4n) is 3.17. The molecular weight excluding hydrogens is 559 g/mol. The van der Waals surface area contributed by atoms with Gasteiger partial charge in [0.15, 0.2) is 5.82 Å². The van der Waals surface area contributed by atoms with Gasteiger partial charge < -0.3 is 10.1 Å². The van der Waals surface area contributed by atoms with Crippen LogP contribution < -0.4 is 15.5 Å². The normalized spacial score (nSPS) is 12.0. The van der Waals surface area contributed by atoms with Crippen LogP contribution in [0.1, 0.15) is 11.1 Å². The molecule has 0 amide bonds. The van der Waals surface area contributed by atoms with E-state index in [1.54, 1.807) is 0 Å². The number of nitrogens with zero attached hydrogens (tertiary/aromatic N) is 4. The average molecular weight is 572 g/mol. The number of hydrazone groups is 1. The van der Waals surface area contributed by atoms with E-state index in [2.05, 4.69) is 35.5 Å². The van der Waals surface area contributed by atoms with Gasteiger partial charge >= 0.3 is 12.5 Å². The van der Waals surface area contributed by atoms with Gasteiger partial charge in [0, 0.05) is 5.69 Å². The molecule has 4 aromatic rings. The second-order valence-electron chi connectivity index (χ2n) is 7.71. The monoisotopic (exact) mass is 572 g/mol. The molecule has 0 aliphatic heterocycles. The van der Waals surface area contributed by atoms with Crippen molar-refractivity contribution in [2.75, 3.05) is 10.7 Å². The largest absolute Gasteiger partial charge is 0.573 e. The van der Waals surface area contributed by atoms with Crippen LogP contribution in [-0.4, -0.2) is 27.5 Å². The summed E-state index contributed by atoms with van der Waals surface area (Å²) in [4.78, 5) is 11.6. The van der Waals surface area contributed by atoms with Crippen LogP contribution in [0.25, 0.3) is 11.4 Å². The Morgan fingerprint density at radius 2 is 1.40 bits per heavy atom. The molecule has 0 fully saturated rings. The van der Waals surface area contributed by atoms with Crippen molar-refractivity contribution in [3.05, 3.63) is 89.2 Å². The first kappa shape index (κ1) is 28.1. The van der Waals surface area contributed by atoms with E-state index in [1.165, 1.54) is 12.1 Å². The molecule has 0 saturated heterocycles. The first-order valence-electron chi connectivity index (χ1n) is 10.8. The van der Waals surface area contributed by atoms with Crippen LogP contribution in [0.2, 0.25) is 0 Å². The van der Waals surface area contributed by atoms with Gasteiger partial charge in [-0.3, -0.25) is 0 Å². The molecule has 1 aromatic heterocycles. The highest BCUT2D eigenvalue weighted by Crippen LogP contribution is 2.34. The summed E-state index contributed by atoms with van der Waals surface area (Å²) in [5.74, 6) is -5.62. The van der Waals surface area contributed by atoms with Gasteiger partial charge in [-0.25, -0.2) is 18.6 Å². The quantitative estimate of drug-likeness (QED) is 0.140. The lowest BCUT2D eigenvalue weighted by molar-refractivity contribution is -0.274. The van der Waals surface area contributed by atoms with Crippen molar-refractivity contribution in [1.29, 1.82) is 0 Å². The first-order valence-corrected chi connectivity index (χ1v) is 10.8. The Labute approximate surface area is 218 Å².